The predicted molar refractivity (Wildman–Crippen MR) is 134 cm³/mol. The van der Waals surface area contributed by atoms with E-state index >= 15 is 0 Å². The molecule has 0 saturated carbocycles. The molecule has 0 aliphatic carbocycles. The highest BCUT2D eigenvalue weighted by molar-refractivity contribution is 8.00. The van der Waals surface area contributed by atoms with Crippen molar-refractivity contribution in [2.24, 2.45) is 0 Å². The standard InChI is InChI=1S/C25H19ClN2O2S2/c26-18-9-4-10-19(15-18)28-25(30)23(17-7-2-1-3-8-17)32-21-12-5-11-20(16-21)27-24(29)22-13-6-14-31-22/h1-16,23H,(H,27,29)(H,28,30). The number of thioether (sulfide) groups is 1. The van der Waals surface area contributed by atoms with Crippen molar-refractivity contribution >= 4 is 57.9 Å². The minimum atomic E-state index is -0.488. The van der Waals surface area contributed by atoms with E-state index in [2.05, 4.69) is 10.6 Å². The van der Waals surface area contributed by atoms with Gasteiger partial charge in [0.15, 0.2) is 0 Å². The SMILES string of the molecule is O=C(Nc1cccc(SC(C(=O)Nc2cccc(Cl)c2)c2ccccc2)c1)c1cccs1. The fourth-order valence-electron chi connectivity index (χ4n) is 3.06. The second kappa shape index (κ2) is 10.5. The van der Waals surface area contributed by atoms with E-state index in [9.17, 15) is 9.59 Å². The minimum absolute atomic E-state index is 0.152. The van der Waals surface area contributed by atoms with Crippen molar-refractivity contribution in [2.75, 3.05) is 10.6 Å². The molecule has 4 rings (SSSR count). The summed E-state index contributed by atoms with van der Waals surface area (Å²) in [4.78, 5) is 27.1. The third kappa shape index (κ3) is 5.79. The maximum Gasteiger partial charge on any atom is 0.265 e. The fraction of sp³-hybridized carbons (Fsp3) is 0.0400. The van der Waals surface area contributed by atoms with Gasteiger partial charge >= 0.3 is 0 Å². The van der Waals surface area contributed by atoms with Crippen LogP contribution in [0.4, 0.5) is 11.4 Å². The van der Waals surface area contributed by atoms with Gasteiger partial charge in [-0.3, -0.25) is 9.59 Å². The lowest BCUT2D eigenvalue weighted by Gasteiger charge is -2.18. The number of anilines is 2. The molecule has 1 aromatic heterocycles. The van der Waals surface area contributed by atoms with Crippen LogP contribution >= 0.6 is 34.7 Å². The van der Waals surface area contributed by atoms with Crippen LogP contribution in [-0.4, -0.2) is 11.8 Å². The van der Waals surface area contributed by atoms with Gasteiger partial charge < -0.3 is 10.6 Å². The number of nitrogens with one attached hydrogen (secondary N) is 2. The van der Waals surface area contributed by atoms with Gasteiger partial charge in [-0.2, -0.15) is 0 Å². The van der Waals surface area contributed by atoms with Gasteiger partial charge in [0, 0.05) is 21.3 Å². The molecule has 1 heterocycles. The Labute approximate surface area is 199 Å². The maximum absolute atomic E-state index is 13.2. The molecule has 32 heavy (non-hydrogen) atoms. The largest absolute Gasteiger partial charge is 0.325 e. The van der Waals surface area contributed by atoms with Crippen molar-refractivity contribution in [1.29, 1.82) is 0 Å². The topological polar surface area (TPSA) is 58.2 Å². The van der Waals surface area contributed by atoms with Gasteiger partial charge in [0.05, 0.1) is 4.88 Å². The minimum Gasteiger partial charge on any atom is -0.325 e. The van der Waals surface area contributed by atoms with E-state index in [4.69, 9.17) is 11.6 Å². The normalized spacial score (nSPS) is 11.5. The van der Waals surface area contributed by atoms with E-state index in [1.807, 2.05) is 66.0 Å². The molecule has 2 N–H and O–H groups in total. The predicted octanol–water partition coefficient (Wildman–Crippen LogP) is 7.13. The van der Waals surface area contributed by atoms with Crippen LogP contribution in [0.15, 0.2) is 101 Å². The van der Waals surface area contributed by atoms with Gasteiger partial charge in [0.1, 0.15) is 5.25 Å². The van der Waals surface area contributed by atoms with Gasteiger partial charge in [-0.15, -0.1) is 23.1 Å². The van der Waals surface area contributed by atoms with Crippen molar-refractivity contribution in [3.05, 3.63) is 112 Å². The Morgan fingerprint density at radius 3 is 2.28 bits per heavy atom. The Morgan fingerprint density at radius 2 is 1.56 bits per heavy atom. The molecule has 2 amide bonds. The van der Waals surface area contributed by atoms with E-state index < -0.39 is 5.25 Å². The maximum atomic E-state index is 13.2. The molecule has 0 bridgehead atoms. The summed E-state index contributed by atoms with van der Waals surface area (Å²) in [5, 5.41) is 7.80. The Morgan fingerprint density at radius 1 is 0.812 bits per heavy atom. The van der Waals surface area contributed by atoms with Crippen molar-refractivity contribution in [1.82, 2.24) is 0 Å². The number of carbonyl (C=O) groups is 2. The lowest BCUT2D eigenvalue weighted by molar-refractivity contribution is -0.115. The number of benzene rings is 3. The zero-order chi connectivity index (χ0) is 22.3. The molecule has 0 spiro atoms. The summed E-state index contributed by atoms with van der Waals surface area (Å²) in [6.07, 6.45) is 0. The fourth-order valence-corrected chi connectivity index (χ4v) is 4.95. The number of rotatable bonds is 7. The first-order chi connectivity index (χ1) is 15.6. The summed E-state index contributed by atoms with van der Waals surface area (Å²) >= 11 is 8.87. The number of halogens is 1. The number of hydrogen-bond donors (Lipinski definition) is 2. The van der Waals surface area contributed by atoms with Crippen LogP contribution < -0.4 is 10.6 Å². The molecule has 4 nitrogen and oxygen atoms in total. The molecule has 1 atom stereocenters. The molecule has 0 aliphatic heterocycles. The molecule has 0 radical (unpaired) electrons. The van der Waals surface area contributed by atoms with Crippen LogP contribution in [0.1, 0.15) is 20.5 Å². The van der Waals surface area contributed by atoms with Crippen LogP contribution in [0.25, 0.3) is 0 Å². The highest BCUT2D eigenvalue weighted by Gasteiger charge is 2.22. The van der Waals surface area contributed by atoms with Gasteiger partial charge in [0.25, 0.3) is 5.91 Å². The first kappa shape index (κ1) is 22.1. The van der Waals surface area contributed by atoms with Crippen LogP contribution in [-0.2, 0) is 4.79 Å². The molecule has 160 valence electrons. The second-order valence-corrected chi connectivity index (χ2v) is 9.43. The van der Waals surface area contributed by atoms with Gasteiger partial charge in [-0.1, -0.05) is 60.1 Å². The van der Waals surface area contributed by atoms with Crippen molar-refractivity contribution in [3.63, 3.8) is 0 Å². The van der Waals surface area contributed by atoms with Crippen molar-refractivity contribution < 1.29 is 9.59 Å². The van der Waals surface area contributed by atoms with Gasteiger partial charge in [-0.25, -0.2) is 0 Å². The third-order valence-corrected chi connectivity index (χ3v) is 6.88. The quantitative estimate of drug-likeness (QED) is 0.278. The van der Waals surface area contributed by atoms with Crippen molar-refractivity contribution in [2.45, 2.75) is 10.1 Å². The molecule has 4 aromatic rings. The van der Waals surface area contributed by atoms with Crippen LogP contribution in [0.3, 0.4) is 0 Å². The zero-order valence-corrected chi connectivity index (χ0v) is 19.2. The summed E-state index contributed by atoms with van der Waals surface area (Å²) < 4.78 is 0. The van der Waals surface area contributed by atoms with Crippen LogP contribution in [0, 0.1) is 0 Å². The Bertz CT molecular complexity index is 1210. The van der Waals surface area contributed by atoms with Crippen molar-refractivity contribution in [3.8, 4) is 0 Å². The summed E-state index contributed by atoms with van der Waals surface area (Å²) in [5.74, 6) is -0.308. The van der Waals surface area contributed by atoms with E-state index in [1.165, 1.54) is 23.1 Å². The van der Waals surface area contributed by atoms with Crippen LogP contribution in [0.2, 0.25) is 5.02 Å². The molecular weight excluding hydrogens is 460 g/mol. The molecule has 1 unspecified atom stereocenters. The molecule has 0 fully saturated rings. The number of carbonyl (C=O) groups excluding carboxylic acids is 2. The van der Waals surface area contributed by atoms with Crippen LogP contribution in [0.5, 0.6) is 0 Å². The Balaban J connectivity index is 1.55. The Kier molecular flexibility index (Phi) is 7.27. The lowest BCUT2D eigenvalue weighted by Crippen LogP contribution is -2.19. The summed E-state index contributed by atoms with van der Waals surface area (Å²) in [5.41, 5.74) is 2.20. The second-order valence-electron chi connectivity index (χ2n) is 6.87. The highest BCUT2D eigenvalue weighted by Crippen LogP contribution is 2.37. The number of hydrogen-bond acceptors (Lipinski definition) is 4. The number of amides is 2. The first-order valence-corrected chi connectivity index (χ1v) is 12.0. The van der Waals surface area contributed by atoms with E-state index in [-0.39, 0.29) is 11.8 Å². The smallest absolute Gasteiger partial charge is 0.265 e. The molecule has 0 aliphatic rings. The van der Waals surface area contributed by atoms with E-state index in [0.29, 0.717) is 21.3 Å². The average Bonchev–Trinajstić information content (AvgIpc) is 3.34. The molecule has 7 heteroatoms. The summed E-state index contributed by atoms with van der Waals surface area (Å²) in [7, 11) is 0. The highest BCUT2D eigenvalue weighted by atomic mass is 35.5. The lowest BCUT2D eigenvalue weighted by atomic mass is 10.1. The van der Waals surface area contributed by atoms with Gasteiger partial charge in [0.2, 0.25) is 5.91 Å². The Hall–Kier alpha value is -3.06. The molecule has 3 aromatic carbocycles. The molecule has 0 saturated heterocycles. The summed E-state index contributed by atoms with van der Waals surface area (Å²) in [6, 6.07) is 27.8. The monoisotopic (exact) mass is 478 g/mol. The average molecular weight is 479 g/mol. The molecular formula is C25H19ClN2O2S2. The van der Waals surface area contributed by atoms with E-state index in [1.54, 1.807) is 30.3 Å². The summed E-state index contributed by atoms with van der Waals surface area (Å²) in [6.45, 7) is 0. The zero-order valence-electron chi connectivity index (χ0n) is 16.8. The number of thiophene rings is 1. The third-order valence-electron chi connectivity index (χ3n) is 4.52. The van der Waals surface area contributed by atoms with E-state index in [0.717, 1.165) is 10.5 Å². The van der Waals surface area contributed by atoms with Gasteiger partial charge in [-0.05, 0) is 53.4 Å². The first-order valence-electron chi connectivity index (χ1n) is 9.81.